The van der Waals surface area contributed by atoms with Gasteiger partial charge in [0.15, 0.2) is 0 Å². The molecule has 2 rings (SSSR count). The number of rotatable bonds is 4. The number of aryl methyl sites for hydroxylation is 1. The highest BCUT2D eigenvalue weighted by Crippen LogP contribution is 2.29. The van der Waals surface area contributed by atoms with E-state index < -0.39 is 18.1 Å². The third-order valence-electron chi connectivity index (χ3n) is 3.06. The van der Waals surface area contributed by atoms with Gasteiger partial charge >= 0.3 is 5.97 Å². The van der Waals surface area contributed by atoms with Gasteiger partial charge < -0.3 is 10.4 Å². The number of carbonyl (C=O) groups is 2. The van der Waals surface area contributed by atoms with Crippen LogP contribution in [0.1, 0.15) is 12.7 Å². The van der Waals surface area contributed by atoms with Crippen molar-refractivity contribution in [2.75, 3.05) is 5.32 Å². The zero-order chi connectivity index (χ0) is 17.1. The third kappa shape index (κ3) is 3.95. The predicted octanol–water partition coefficient (Wildman–Crippen LogP) is 1.92. The molecule has 0 saturated heterocycles. The summed E-state index contributed by atoms with van der Waals surface area (Å²) in [5, 5.41) is 11.9. The number of halogens is 1. The van der Waals surface area contributed by atoms with Crippen molar-refractivity contribution in [2.45, 2.75) is 20.4 Å². The number of nitrogens with one attached hydrogen (secondary N) is 1. The number of anilines is 1. The van der Waals surface area contributed by atoms with E-state index in [-0.39, 0.29) is 11.7 Å². The fourth-order valence-corrected chi connectivity index (χ4v) is 2.29. The van der Waals surface area contributed by atoms with Crippen LogP contribution in [0.4, 0.5) is 5.69 Å². The molecule has 2 aromatic rings. The highest BCUT2D eigenvalue weighted by atomic mass is 35.5. The minimum absolute atomic E-state index is 0.263. The fraction of sp³-hybridized carbons (Fsp3) is 0.200. The summed E-state index contributed by atoms with van der Waals surface area (Å²) >= 11 is 5.93. The maximum absolute atomic E-state index is 12.1. The molecule has 8 heteroatoms. The molecule has 1 aromatic carbocycles. The number of aromatic nitrogens is 2. The highest BCUT2D eigenvalue weighted by molar-refractivity contribution is 6.31. The van der Waals surface area contributed by atoms with Gasteiger partial charge in [0.1, 0.15) is 12.4 Å². The maximum atomic E-state index is 12.1. The first-order chi connectivity index (χ1) is 10.8. The number of amides is 1. The first-order valence-corrected chi connectivity index (χ1v) is 7.03. The smallest absolute Gasteiger partial charge is 0.323 e. The van der Waals surface area contributed by atoms with Crippen molar-refractivity contribution in [3.05, 3.63) is 45.5 Å². The molecule has 0 atom stereocenters. The second kappa shape index (κ2) is 6.62. The van der Waals surface area contributed by atoms with Gasteiger partial charge in [-0.05, 0) is 25.1 Å². The minimum Gasteiger partial charge on any atom is -0.480 e. The van der Waals surface area contributed by atoms with Crippen molar-refractivity contribution in [2.24, 2.45) is 0 Å². The van der Waals surface area contributed by atoms with Gasteiger partial charge in [0, 0.05) is 23.6 Å². The Balaban J connectivity index is 2.57. The lowest BCUT2D eigenvalue weighted by Crippen LogP contribution is -2.26. The van der Waals surface area contributed by atoms with Gasteiger partial charge in [-0.15, -0.1) is 0 Å². The van der Waals surface area contributed by atoms with Crippen LogP contribution in [0.25, 0.3) is 11.3 Å². The van der Waals surface area contributed by atoms with Gasteiger partial charge in [-0.3, -0.25) is 19.0 Å². The molecule has 0 saturated carbocycles. The maximum Gasteiger partial charge on any atom is 0.323 e. The first-order valence-electron chi connectivity index (χ1n) is 6.65. The molecule has 1 aromatic heterocycles. The molecular weight excluding hydrogens is 322 g/mol. The van der Waals surface area contributed by atoms with E-state index in [1.807, 2.05) is 0 Å². The Morgan fingerprint density at radius 1 is 1.35 bits per heavy atom. The number of carbonyl (C=O) groups excluding carboxylic acids is 1. The molecule has 0 aliphatic carbocycles. The molecule has 1 heterocycles. The van der Waals surface area contributed by atoms with E-state index in [2.05, 4.69) is 10.3 Å². The summed E-state index contributed by atoms with van der Waals surface area (Å²) in [5.41, 5.74) is 0.785. The summed E-state index contributed by atoms with van der Waals surface area (Å²) in [4.78, 5) is 38.5. The molecule has 0 aliphatic heterocycles. The lowest BCUT2D eigenvalue weighted by atomic mass is 10.1. The van der Waals surface area contributed by atoms with Gasteiger partial charge in [0.05, 0.1) is 11.4 Å². The average molecular weight is 336 g/mol. The van der Waals surface area contributed by atoms with Crippen molar-refractivity contribution in [1.29, 1.82) is 0 Å². The highest BCUT2D eigenvalue weighted by Gasteiger charge is 2.13. The van der Waals surface area contributed by atoms with E-state index in [0.29, 0.717) is 22.0 Å². The summed E-state index contributed by atoms with van der Waals surface area (Å²) in [5.74, 6) is -1.15. The van der Waals surface area contributed by atoms with Gasteiger partial charge in [-0.25, -0.2) is 4.98 Å². The number of benzene rings is 1. The van der Waals surface area contributed by atoms with Crippen LogP contribution in [0.15, 0.2) is 29.1 Å². The van der Waals surface area contributed by atoms with E-state index in [1.54, 1.807) is 25.1 Å². The monoisotopic (exact) mass is 335 g/mol. The second-order valence-electron chi connectivity index (χ2n) is 4.88. The van der Waals surface area contributed by atoms with Crippen LogP contribution in [0, 0.1) is 6.92 Å². The fourth-order valence-electron chi connectivity index (χ4n) is 2.12. The second-order valence-corrected chi connectivity index (χ2v) is 5.31. The van der Waals surface area contributed by atoms with Crippen molar-refractivity contribution in [3.8, 4) is 11.3 Å². The molecule has 2 N–H and O–H groups in total. The van der Waals surface area contributed by atoms with Crippen LogP contribution in [0.5, 0.6) is 0 Å². The Morgan fingerprint density at radius 2 is 2.04 bits per heavy atom. The van der Waals surface area contributed by atoms with Crippen molar-refractivity contribution in [1.82, 2.24) is 9.55 Å². The molecule has 7 nitrogen and oxygen atoms in total. The van der Waals surface area contributed by atoms with Crippen LogP contribution < -0.4 is 10.9 Å². The molecule has 0 spiro atoms. The van der Waals surface area contributed by atoms with Crippen LogP contribution >= 0.6 is 11.6 Å². The quantitative estimate of drug-likeness (QED) is 0.888. The molecule has 0 aliphatic rings. The molecule has 1 amide bonds. The van der Waals surface area contributed by atoms with Gasteiger partial charge in [0.25, 0.3) is 5.56 Å². The number of aliphatic carboxylic acids is 1. The SMILES string of the molecule is CC(=O)Nc1cc(Cl)ccc1-c1cc(=O)n(CC(=O)O)c(C)n1. The van der Waals surface area contributed by atoms with Crippen LogP contribution in [-0.4, -0.2) is 26.5 Å². The van der Waals surface area contributed by atoms with Crippen LogP contribution in [0.2, 0.25) is 5.02 Å². The molecule has 120 valence electrons. The van der Waals surface area contributed by atoms with Crippen molar-refractivity contribution >= 4 is 29.2 Å². The number of nitrogens with zero attached hydrogens (tertiary/aromatic N) is 2. The summed E-state index contributed by atoms with van der Waals surface area (Å²) in [7, 11) is 0. The summed E-state index contributed by atoms with van der Waals surface area (Å²) in [6.45, 7) is 2.44. The zero-order valence-electron chi connectivity index (χ0n) is 12.5. The minimum atomic E-state index is -1.13. The summed E-state index contributed by atoms with van der Waals surface area (Å²) in [6, 6.07) is 6.03. The Morgan fingerprint density at radius 3 is 2.61 bits per heavy atom. The molecule has 0 radical (unpaired) electrons. The van der Waals surface area contributed by atoms with Gasteiger partial charge in [-0.1, -0.05) is 11.6 Å². The summed E-state index contributed by atoms with van der Waals surface area (Å²) in [6.07, 6.45) is 0. The van der Waals surface area contributed by atoms with E-state index in [9.17, 15) is 14.4 Å². The van der Waals surface area contributed by atoms with E-state index in [0.717, 1.165) is 4.57 Å². The predicted molar refractivity (Wildman–Crippen MR) is 85.6 cm³/mol. The molecule has 23 heavy (non-hydrogen) atoms. The molecule has 0 unspecified atom stereocenters. The van der Waals surface area contributed by atoms with Gasteiger partial charge in [0.2, 0.25) is 5.91 Å². The first kappa shape index (κ1) is 16.7. The Bertz CT molecular complexity index is 845. The lowest BCUT2D eigenvalue weighted by Gasteiger charge is -2.12. The average Bonchev–Trinajstić information content (AvgIpc) is 2.42. The molecular formula is C15H14ClN3O4. The Kier molecular flexibility index (Phi) is 4.80. The molecule has 0 fully saturated rings. The molecule has 0 bridgehead atoms. The van der Waals surface area contributed by atoms with Crippen LogP contribution in [-0.2, 0) is 16.1 Å². The van der Waals surface area contributed by atoms with Gasteiger partial charge in [-0.2, -0.15) is 0 Å². The number of carboxylic acids is 1. The van der Waals surface area contributed by atoms with E-state index in [1.165, 1.54) is 13.0 Å². The Hall–Kier alpha value is -2.67. The summed E-state index contributed by atoms with van der Waals surface area (Å²) < 4.78 is 1.06. The topological polar surface area (TPSA) is 101 Å². The zero-order valence-corrected chi connectivity index (χ0v) is 13.2. The number of hydrogen-bond donors (Lipinski definition) is 2. The van der Waals surface area contributed by atoms with Crippen molar-refractivity contribution < 1.29 is 14.7 Å². The van der Waals surface area contributed by atoms with E-state index in [4.69, 9.17) is 16.7 Å². The Labute approximate surface area is 136 Å². The lowest BCUT2D eigenvalue weighted by molar-refractivity contribution is -0.137. The number of hydrogen-bond acceptors (Lipinski definition) is 4. The largest absolute Gasteiger partial charge is 0.480 e. The van der Waals surface area contributed by atoms with Crippen LogP contribution in [0.3, 0.4) is 0 Å². The standard InChI is InChI=1S/C15H14ClN3O4/c1-8-17-13(6-14(21)19(8)7-15(22)23)11-4-3-10(16)5-12(11)18-9(2)20/h3-6H,7H2,1-2H3,(H,18,20)(H,22,23). The van der Waals surface area contributed by atoms with Crippen molar-refractivity contribution in [3.63, 3.8) is 0 Å². The normalized spacial score (nSPS) is 10.4. The van der Waals surface area contributed by atoms with E-state index >= 15 is 0 Å². The third-order valence-corrected chi connectivity index (χ3v) is 3.30. The number of carboxylic acid groups (broad SMARTS) is 1.